The number of hydrogen-bond acceptors (Lipinski definition) is 9. The van der Waals surface area contributed by atoms with E-state index in [-0.39, 0.29) is 17.7 Å². The second kappa shape index (κ2) is 20.7. The van der Waals surface area contributed by atoms with Gasteiger partial charge >= 0.3 is 0 Å². The molecule has 2 saturated heterocycles. The molecule has 0 spiro atoms. The number of amides is 3. The number of likely N-dealkylation sites (tertiary alicyclic amines) is 2. The molecule has 14 nitrogen and oxygen atoms in total. The van der Waals surface area contributed by atoms with Crippen LogP contribution in [0.2, 0.25) is 0 Å². The lowest BCUT2D eigenvalue weighted by Gasteiger charge is -2.32. The Morgan fingerprint density at radius 1 is 0.698 bits per heavy atom. The first-order valence-corrected chi connectivity index (χ1v) is 22.3. The zero-order valence-electron chi connectivity index (χ0n) is 35.3. The summed E-state index contributed by atoms with van der Waals surface area (Å²) in [6.45, 7) is 8.29. The average Bonchev–Trinajstić information content (AvgIpc) is 4.00. The Balaban J connectivity index is 0.848. The third kappa shape index (κ3) is 11.4. The van der Waals surface area contributed by atoms with Gasteiger partial charge in [-0.2, -0.15) is 10.2 Å². The fraction of sp³-hybridized carbons (Fsp3) is 0.312. The van der Waals surface area contributed by atoms with Gasteiger partial charge < -0.3 is 25.4 Å². The van der Waals surface area contributed by atoms with Crippen LogP contribution in [0.1, 0.15) is 71.2 Å². The van der Waals surface area contributed by atoms with E-state index in [2.05, 4.69) is 74.2 Å². The van der Waals surface area contributed by atoms with Crippen LogP contribution in [0.3, 0.4) is 0 Å². The number of aromatic nitrogens is 4. The molecule has 0 saturated carbocycles. The highest BCUT2D eigenvalue weighted by molar-refractivity contribution is 9.10. The number of nitrogens with zero attached hydrogens (tertiary/aromatic N) is 4. The highest BCUT2D eigenvalue weighted by Crippen LogP contribution is 2.36. The van der Waals surface area contributed by atoms with Crippen molar-refractivity contribution in [3.05, 3.63) is 124 Å². The van der Waals surface area contributed by atoms with Crippen molar-refractivity contribution in [1.82, 2.24) is 30.2 Å². The van der Waals surface area contributed by atoms with Gasteiger partial charge in [0.2, 0.25) is 5.91 Å². The molecule has 0 bridgehead atoms. The van der Waals surface area contributed by atoms with E-state index >= 15 is 0 Å². The van der Waals surface area contributed by atoms with Crippen LogP contribution in [0.15, 0.2) is 108 Å². The van der Waals surface area contributed by atoms with Crippen LogP contribution in [-0.2, 0) is 4.79 Å². The first kappa shape index (κ1) is 43.4. The number of hydrogen-bond donors (Lipinski definition) is 5. The van der Waals surface area contributed by atoms with Gasteiger partial charge in [-0.15, -0.1) is 0 Å². The number of ether oxygens (including phenoxy) is 2. The van der Waals surface area contributed by atoms with Gasteiger partial charge in [0.25, 0.3) is 11.8 Å². The van der Waals surface area contributed by atoms with Gasteiger partial charge in [-0.1, -0.05) is 40.5 Å². The number of rotatable bonds is 16. The number of benzene rings is 4. The van der Waals surface area contributed by atoms with Gasteiger partial charge in [0.05, 0.1) is 22.8 Å². The Morgan fingerprint density at radius 2 is 1.33 bits per heavy atom. The van der Waals surface area contributed by atoms with Crippen LogP contribution in [0.25, 0.3) is 22.5 Å². The summed E-state index contributed by atoms with van der Waals surface area (Å²) in [6.07, 6.45) is 7.37. The number of nitrogens with one attached hydrogen (secondary N) is 5. The first-order chi connectivity index (χ1) is 30.8. The minimum Gasteiger partial charge on any atom is -0.492 e. The molecule has 0 unspecified atom stereocenters. The normalized spacial score (nSPS) is 14.8. The molecule has 4 heterocycles. The van der Waals surface area contributed by atoms with Gasteiger partial charge in [-0.3, -0.25) is 34.4 Å². The monoisotopic (exact) mass is 913 g/mol. The van der Waals surface area contributed by atoms with Crippen molar-refractivity contribution in [3.63, 3.8) is 0 Å². The molecular formula is C48H52BrN9O5. The number of anilines is 3. The van der Waals surface area contributed by atoms with Gasteiger partial charge in [0.15, 0.2) is 5.82 Å². The fourth-order valence-corrected chi connectivity index (χ4v) is 8.79. The molecule has 0 radical (unpaired) electrons. The average molecular weight is 915 g/mol. The first-order valence-electron chi connectivity index (χ1n) is 21.5. The van der Waals surface area contributed by atoms with Crippen LogP contribution < -0.4 is 25.4 Å². The fourth-order valence-electron chi connectivity index (χ4n) is 8.21. The summed E-state index contributed by atoms with van der Waals surface area (Å²) in [6, 6.07) is 29.9. The van der Waals surface area contributed by atoms with Crippen molar-refractivity contribution in [2.75, 3.05) is 68.4 Å². The van der Waals surface area contributed by atoms with Gasteiger partial charge in [0, 0.05) is 59.0 Å². The Kier molecular flexibility index (Phi) is 14.3. The van der Waals surface area contributed by atoms with E-state index in [0.717, 1.165) is 84.7 Å². The van der Waals surface area contributed by atoms with Gasteiger partial charge in [0.1, 0.15) is 24.7 Å². The smallest absolute Gasteiger partial charge is 0.255 e. The molecule has 2 aliphatic heterocycles. The summed E-state index contributed by atoms with van der Waals surface area (Å²) in [5.41, 5.74) is 6.57. The Hall–Kier alpha value is -6.29. The van der Waals surface area contributed by atoms with Crippen molar-refractivity contribution in [2.45, 2.75) is 44.9 Å². The second-order valence-electron chi connectivity index (χ2n) is 16.0. The molecule has 63 heavy (non-hydrogen) atoms. The zero-order chi connectivity index (χ0) is 43.5. The molecule has 15 heteroatoms. The molecule has 2 fully saturated rings. The zero-order valence-corrected chi connectivity index (χ0v) is 36.9. The van der Waals surface area contributed by atoms with Crippen molar-refractivity contribution >= 4 is 50.8 Å². The molecule has 0 atom stereocenters. The summed E-state index contributed by atoms with van der Waals surface area (Å²) in [5, 5.41) is 23.2. The lowest BCUT2D eigenvalue weighted by molar-refractivity contribution is -0.114. The number of aromatic amines is 2. The molecule has 2 aromatic heterocycles. The molecule has 3 amide bonds. The molecule has 6 aromatic rings. The minimum absolute atomic E-state index is 0.219. The maximum atomic E-state index is 13.7. The molecular weight excluding hydrogens is 862 g/mol. The van der Waals surface area contributed by atoms with Crippen molar-refractivity contribution in [2.24, 2.45) is 0 Å². The number of carbonyl (C=O) groups is 3. The maximum absolute atomic E-state index is 13.7. The van der Waals surface area contributed by atoms with Gasteiger partial charge in [-0.05, 0) is 136 Å². The van der Waals surface area contributed by atoms with Crippen molar-refractivity contribution in [3.8, 4) is 34.0 Å². The number of halogens is 1. The maximum Gasteiger partial charge on any atom is 0.255 e. The number of piperidine rings is 2. The van der Waals surface area contributed by atoms with Crippen LogP contribution in [0, 0.1) is 0 Å². The molecule has 0 aliphatic carbocycles. The standard InChI is InChI=1S/C48H52BrN9O5/c1-32(59)51-45-31-44(55-56-45)39-17-12-36(30-43(39)53-48(61)35-10-15-37(16-11-35)62-28-26-57-22-3-2-4-23-57)33-19-24-58(25-20-33)27-29-63-38-13-8-34(9-14-38)47(60)52-41-7-5-6-40(49)46(41)42-18-21-50-54-42/h5-18,21,30-31,33H,2-4,19-20,22-29H2,1H3,(H,50,54)(H,52,60)(H,53,61)(H2,51,55,56,59). The highest BCUT2D eigenvalue weighted by Gasteiger charge is 2.23. The van der Waals surface area contributed by atoms with E-state index in [0.29, 0.717) is 58.9 Å². The highest BCUT2D eigenvalue weighted by atomic mass is 79.9. The summed E-state index contributed by atoms with van der Waals surface area (Å²) >= 11 is 3.59. The van der Waals surface area contributed by atoms with Crippen LogP contribution >= 0.6 is 15.9 Å². The third-order valence-electron chi connectivity index (χ3n) is 11.6. The quantitative estimate of drug-likeness (QED) is 0.0637. The largest absolute Gasteiger partial charge is 0.492 e. The van der Waals surface area contributed by atoms with E-state index in [1.165, 1.54) is 26.2 Å². The summed E-state index contributed by atoms with van der Waals surface area (Å²) in [5.74, 6) is 1.47. The van der Waals surface area contributed by atoms with Crippen molar-refractivity contribution in [1.29, 1.82) is 0 Å². The Labute approximate surface area is 375 Å². The molecule has 8 rings (SSSR count). The van der Waals surface area contributed by atoms with Crippen LogP contribution in [0.4, 0.5) is 17.2 Å². The summed E-state index contributed by atoms with van der Waals surface area (Å²) in [7, 11) is 0. The Bertz CT molecular complexity index is 2480. The molecule has 326 valence electrons. The van der Waals surface area contributed by atoms with E-state index in [1.807, 2.05) is 54.6 Å². The number of carbonyl (C=O) groups excluding carboxylic acids is 3. The van der Waals surface area contributed by atoms with E-state index in [4.69, 9.17) is 9.47 Å². The molecule has 4 aromatic carbocycles. The second-order valence-corrected chi connectivity index (χ2v) is 16.8. The number of H-pyrrole nitrogens is 2. The van der Waals surface area contributed by atoms with E-state index in [1.54, 1.807) is 36.5 Å². The third-order valence-corrected chi connectivity index (χ3v) is 12.2. The van der Waals surface area contributed by atoms with E-state index < -0.39 is 0 Å². The predicted octanol–water partition coefficient (Wildman–Crippen LogP) is 8.82. The Morgan fingerprint density at radius 3 is 1.95 bits per heavy atom. The molecule has 2 aliphatic rings. The topological polar surface area (TPSA) is 170 Å². The lowest BCUT2D eigenvalue weighted by Crippen LogP contribution is -2.35. The van der Waals surface area contributed by atoms with Gasteiger partial charge in [-0.25, -0.2) is 0 Å². The SMILES string of the molecule is CC(=O)Nc1cc(-c2ccc(C3CCN(CCOc4ccc(C(=O)Nc5cccc(Br)c5-c5ccn[nH]5)cc4)CC3)cc2NC(=O)c2ccc(OCCN3CCCCC3)cc2)[nH]n1. The minimum atomic E-state index is -0.233. The lowest BCUT2D eigenvalue weighted by atomic mass is 9.88. The predicted molar refractivity (Wildman–Crippen MR) is 249 cm³/mol. The van der Waals surface area contributed by atoms with Crippen LogP contribution in [0.5, 0.6) is 11.5 Å². The molecule has 5 N–H and O–H groups in total. The summed E-state index contributed by atoms with van der Waals surface area (Å²) < 4.78 is 12.9. The van der Waals surface area contributed by atoms with Crippen LogP contribution in [-0.4, -0.2) is 100 Å². The summed E-state index contributed by atoms with van der Waals surface area (Å²) in [4.78, 5) is 43.4. The van der Waals surface area contributed by atoms with Crippen molar-refractivity contribution < 1.29 is 23.9 Å². The van der Waals surface area contributed by atoms with E-state index in [9.17, 15) is 14.4 Å².